The third kappa shape index (κ3) is 20.2. The van der Waals surface area contributed by atoms with Crippen molar-refractivity contribution in [2.24, 2.45) is 40.7 Å². The summed E-state index contributed by atoms with van der Waals surface area (Å²) in [5, 5.41) is 33.6. The van der Waals surface area contributed by atoms with Crippen LogP contribution in [0.5, 0.6) is 0 Å². The molecule has 0 radical (unpaired) electrons. The predicted octanol–water partition coefficient (Wildman–Crippen LogP) is -2.81. The number of carbonyl (C=O) groups is 10. The lowest BCUT2D eigenvalue weighted by Crippen LogP contribution is -2.61. The number of amides is 8. The number of hydrogen-bond donors (Lipinski definition) is 12. The zero-order valence-electron chi connectivity index (χ0n) is 34.8. The van der Waals surface area contributed by atoms with E-state index < -0.39 is 139 Å². The zero-order valence-corrected chi connectivity index (χ0v) is 34.8. The van der Waals surface area contributed by atoms with E-state index in [9.17, 15) is 58.2 Å². The number of unbranched alkanes of at least 4 members (excludes halogenated alkanes) is 1. The van der Waals surface area contributed by atoms with Crippen LogP contribution in [-0.2, 0) is 47.9 Å². The van der Waals surface area contributed by atoms with Crippen LogP contribution >= 0.6 is 0 Å². The van der Waals surface area contributed by atoms with Gasteiger partial charge in [-0.15, -0.1) is 0 Å². The molecule has 0 aromatic heterocycles. The van der Waals surface area contributed by atoms with Crippen LogP contribution in [0.3, 0.4) is 0 Å². The Morgan fingerprint density at radius 1 is 0.525 bits per heavy atom. The largest absolute Gasteiger partial charge is 0.481 e. The summed E-state index contributed by atoms with van der Waals surface area (Å²) in [6.45, 7) is 10.2. The van der Waals surface area contributed by atoms with Crippen molar-refractivity contribution in [2.45, 2.75) is 148 Å². The van der Waals surface area contributed by atoms with Gasteiger partial charge < -0.3 is 65.0 Å². The van der Waals surface area contributed by atoms with Crippen LogP contribution in [0.2, 0.25) is 0 Å². The minimum atomic E-state index is -1.54. The molecule has 59 heavy (non-hydrogen) atoms. The third-order valence-electron chi connectivity index (χ3n) is 9.80. The molecule has 0 fully saturated rings. The first-order valence-corrected chi connectivity index (χ1v) is 19.8. The number of carboxylic acids is 2. The van der Waals surface area contributed by atoms with Gasteiger partial charge in [-0.05, 0) is 56.4 Å². The van der Waals surface area contributed by atoms with Crippen molar-refractivity contribution in [3.8, 4) is 0 Å². The van der Waals surface area contributed by atoms with E-state index in [0.29, 0.717) is 19.3 Å². The Labute approximate surface area is 344 Å². The summed E-state index contributed by atoms with van der Waals surface area (Å²) in [5.41, 5.74) is 22.2. The fourth-order valence-electron chi connectivity index (χ4n) is 5.53. The molecule has 0 unspecified atom stereocenters. The van der Waals surface area contributed by atoms with Gasteiger partial charge in [-0.2, -0.15) is 0 Å². The Morgan fingerprint density at radius 3 is 1.39 bits per heavy atom. The number of hydrogen-bond acceptors (Lipinski definition) is 12. The molecule has 0 bridgehead atoms. The minimum Gasteiger partial charge on any atom is -0.481 e. The topological polar surface area (TPSA) is 387 Å². The molecule has 0 rings (SSSR count). The maximum absolute atomic E-state index is 13.9. The molecule has 22 nitrogen and oxygen atoms in total. The van der Waals surface area contributed by atoms with Gasteiger partial charge in [-0.3, -0.25) is 43.2 Å². The van der Waals surface area contributed by atoms with Crippen LogP contribution in [0.1, 0.15) is 106 Å². The second-order valence-electron chi connectivity index (χ2n) is 15.0. The van der Waals surface area contributed by atoms with Crippen LogP contribution in [0.4, 0.5) is 0 Å². The Morgan fingerprint density at radius 2 is 0.949 bits per heavy atom. The summed E-state index contributed by atoms with van der Waals surface area (Å²) in [5.74, 6) is -11.4. The van der Waals surface area contributed by atoms with E-state index in [2.05, 4.69) is 31.9 Å². The molecule has 0 spiro atoms. The summed E-state index contributed by atoms with van der Waals surface area (Å²) >= 11 is 0. The number of rotatable bonds is 30. The molecule has 0 heterocycles. The van der Waals surface area contributed by atoms with Gasteiger partial charge in [0.25, 0.3) is 0 Å². The molecule has 336 valence electrons. The molecule has 16 N–H and O–H groups in total. The van der Waals surface area contributed by atoms with Gasteiger partial charge in [-0.25, -0.2) is 4.79 Å². The predicted molar refractivity (Wildman–Crippen MR) is 213 cm³/mol. The third-order valence-corrected chi connectivity index (χ3v) is 9.80. The van der Waals surface area contributed by atoms with Crippen molar-refractivity contribution in [2.75, 3.05) is 6.54 Å². The lowest BCUT2D eigenvalue weighted by molar-refractivity contribution is -0.144. The van der Waals surface area contributed by atoms with E-state index in [1.807, 2.05) is 0 Å². The standard InChI is InChI=1S/C37H66N10O12/c1-7-19(5)29(46-34(55)24(17-26(40)49)45-35(56)28(41)18(3)4)36(57)44-22(12-14-25(39)48)32(53)42-21(11-9-10-16-38)31(52)43-23(13-15-27(50)51)33(54)47-30(37(58)59)20(6)8-2/h18-24,28-30H,7-17,38,41H2,1-6H3,(H2,39,48)(H2,40,49)(H,42,53)(H,43,52)(H,44,57)(H,45,56)(H,46,55)(H,47,54)(H,50,51)(H,58,59)/t19-,20-,21-,22-,23-,24-,28-,29-,30-/m0/s1. The van der Waals surface area contributed by atoms with Gasteiger partial charge in [0.2, 0.25) is 47.3 Å². The van der Waals surface area contributed by atoms with Gasteiger partial charge in [0, 0.05) is 12.8 Å². The molecule has 0 aromatic rings. The fourth-order valence-corrected chi connectivity index (χ4v) is 5.53. The molecule has 0 aliphatic heterocycles. The smallest absolute Gasteiger partial charge is 0.326 e. The average Bonchev–Trinajstić information content (AvgIpc) is 3.16. The Balaban J connectivity index is 6.59. The van der Waals surface area contributed by atoms with Crippen molar-refractivity contribution in [1.29, 1.82) is 0 Å². The first kappa shape index (κ1) is 53.6. The quantitative estimate of drug-likeness (QED) is 0.0325. The lowest BCUT2D eigenvalue weighted by Gasteiger charge is -2.29. The molecule has 8 amide bonds. The average molecular weight is 843 g/mol. The van der Waals surface area contributed by atoms with Crippen LogP contribution in [-0.4, -0.2) is 118 Å². The van der Waals surface area contributed by atoms with Gasteiger partial charge in [0.1, 0.15) is 36.3 Å². The van der Waals surface area contributed by atoms with Crippen molar-refractivity contribution >= 4 is 59.2 Å². The summed E-state index contributed by atoms with van der Waals surface area (Å²) in [6, 6.07) is -9.76. The number of carbonyl (C=O) groups excluding carboxylic acids is 8. The van der Waals surface area contributed by atoms with E-state index in [4.69, 9.17) is 22.9 Å². The van der Waals surface area contributed by atoms with Crippen LogP contribution in [0, 0.1) is 17.8 Å². The number of primary amides is 2. The summed E-state index contributed by atoms with van der Waals surface area (Å²) < 4.78 is 0. The number of carboxylic acid groups (broad SMARTS) is 2. The molecule has 0 saturated carbocycles. The Hall–Kier alpha value is -5.38. The monoisotopic (exact) mass is 842 g/mol. The van der Waals surface area contributed by atoms with Crippen LogP contribution in [0.15, 0.2) is 0 Å². The fraction of sp³-hybridized carbons (Fsp3) is 0.730. The van der Waals surface area contributed by atoms with Crippen molar-refractivity contribution < 1.29 is 58.2 Å². The lowest BCUT2D eigenvalue weighted by atomic mass is 9.96. The maximum Gasteiger partial charge on any atom is 0.326 e. The highest BCUT2D eigenvalue weighted by molar-refractivity contribution is 5.98. The van der Waals surface area contributed by atoms with Gasteiger partial charge in [0.15, 0.2) is 0 Å². The van der Waals surface area contributed by atoms with Gasteiger partial charge in [0.05, 0.1) is 12.5 Å². The highest BCUT2D eigenvalue weighted by Gasteiger charge is 2.36. The molecular weight excluding hydrogens is 776 g/mol. The number of nitrogens with two attached hydrogens (primary N) is 4. The van der Waals surface area contributed by atoms with Crippen molar-refractivity contribution in [3.63, 3.8) is 0 Å². The van der Waals surface area contributed by atoms with Crippen molar-refractivity contribution in [3.05, 3.63) is 0 Å². The maximum atomic E-state index is 13.9. The zero-order chi connectivity index (χ0) is 45.6. The van der Waals surface area contributed by atoms with Gasteiger partial charge >= 0.3 is 11.9 Å². The van der Waals surface area contributed by atoms with Gasteiger partial charge in [-0.1, -0.05) is 54.4 Å². The van der Waals surface area contributed by atoms with Crippen molar-refractivity contribution in [1.82, 2.24) is 31.9 Å². The van der Waals surface area contributed by atoms with E-state index in [-0.39, 0.29) is 31.7 Å². The summed E-state index contributed by atoms with van der Waals surface area (Å²) in [7, 11) is 0. The van der Waals surface area contributed by atoms with E-state index in [0.717, 1.165) is 0 Å². The first-order chi connectivity index (χ1) is 27.5. The Kier molecular flexibility index (Phi) is 24.8. The van der Waals surface area contributed by atoms with E-state index in [1.165, 1.54) is 0 Å². The van der Waals surface area contributed by atoms with E-state index >= 15 is 0 Å². The SMILES string of the molecule is CC[C@H](C)[C@H](NC(=O)[C@H](CCC(=O)O)NC(=O)[C@H](CCCCN)NC(=O)[C@H](CCC(N)=O)NC(=O)[C@@H](NC(=O)[C@H](CC(N)=O)NC(=O)[C@@H](N)C(C)C)[C@@H](C)CC)C(=O)O. The molecule has 22 heteroatoms. The van der Waals surface area contributed by atoms with Crippen LogP contribution in [0.25, 0.3) is 0 Å². The first-order valence-electron chi connectivity index (χ1n) is 19.8. The van der Waals surface area contributed by atoms with Crippen LogP contribution < -0.4 is 54.8 Å². The Bertz CT molecular complexity index is 1480. The highest BCUT2D eigenvalue weighted by Crippen LogP contribution is 2.13. The number of aliphatic carboxylic acids is 2. The highest BCUT2D eigenvalue weighted by atomic mass is 16.4. The molecule has 0 aliphatic rings. The summed E-state index contributed by atoms with van der Waals surface area (Å²) in [6.07, 6.45) is -1.12. The molecular formula is C37H66N10O12. The molecule has 0 aliphatic carbocycles. The normalized spacial score (nSPS) is 15.7. The van der Waals surface area contributed by atoms with E-state index in [1.54, 1.807) is 41.5 Å². The molecule has 9 atom stereocenters. The number of nitrogens with one attached hydrogen (secondary N) is 6. The summed E-state index contributed by atoms with van der Waals surface area (Å²) in [4.78, 5) is 128. The molecule has 0 saturated heterocycles. The second kappa shape index (κ2) is 27.3. The minimum absolute atomic E-state index is 0.0534. The second-order valence-corrected chi connectivity index (χ2v) is 15.0. The molecule has 0 aromatic carbocycles.